The van der Waals surface area contributed by atoms with E-state index in [4.69, 9.17) is 15.8 Å². The van der Waals surface area contributed by atoms with Gasteiger partial charge in [0.1, 0.15) is 5.75 Å². The zero-order valence-electron chi connectivity index (χ0n) is 12.5. The molecule has 116 valence electrons. The first-order chi connectivity index (χ1) is 11.2. The van der Waals surface area contributed by atoms with Crippen LogP contribution in [0.5, 0.6) is 5.75 Å². The second kappa shape index (κ2) is 8.01. The van der Waals surface area contributed by atoms with Crippen molar-refractivity contribution < 1.29 is 9.53 Å². The number of hydrazone groups is 1. The van der Waals surface area contributed by atoms with Gasteiger partial charge in [0.05, 0.1) is 30.2 Å². The first-order valence-electron chi connectivity index (χ1n) is 6.76. The Morgan fingerprint density at radius 2 is 1.91 bits per heavy atom. The minimum Gasteiger partial charge on any atom is -0.497 e. The lowest BCUT2D eigenvalue weighted by molar-refractivity contribution is -0.112. The van der Waals surface area contributed by atoms with Crippen molar-refractivity contribution in [1.29, 1.82) is 5.26 Å². The number of ether oxygens (including phenoxy) is 1. The van der Waals surface area contributed by atoms with Crippen LogP contribution in [0.2, 0.25) is 0 Å². The number of Topliss-reactive ketones (excluding diaryl/α,β-unsaturated/α-hetero) is 1. The highest BCUT2D eigenvalue weighted by Crippen LogP contribution is 2.36. The van der Waals surface area contributed by atoms with Crippen molar-refractivity contribution in [2.75, 3.05) is 7.11 Å². The van der Waals surface area contributed by atoms with Gasteiger partial charge in [-0.05, 0) is 42.0 Å². The Labute approximate surface area is 138 Å². The normalized spacial score (nSPS) is 11.8. The molecule has 5 nitrogen and oxygen atoms in total. The number of rotatable bonds is 6. The molecule has 0 aliphatic heterocycles. The van der Waals surface area contributed by atoms with E-state index in [2.05, 4.69) is 11.2 Å². The quantitative estimate of drug-likeness (QED) is 0.382. The van der Waals surface area contributed by atoms with E-state index in [0.29, 0.717) is 5.56 Å². The van der Waals surface area contributed by atoms with Gasteiger partial charge in [0, 0.05) is 4.90 Å². The molecule has 0 spiro atoms. The lowest BCUT2D eigenvalue weighted by Crippen LogP contribution is -2.11. The fourth-order valence-corrected chi connectivity index (χ4v) is 2.99. The SMILES string of the molecule is COc1ccc(C(Sc2ccc(C#N)cc2)C(=O)C=NN)cc1. The number of hydrogen-bond acceptors (Lipinski definition) is 6. The standard InChI is InChI=1S/C17H15N3O2S/c1-22-14-6-4-13(5-7-14)17(16(21)11-20-19)23-15-8-2-12(10-18)3-9-15/h2-9,11,17H,19H2,1H3. The van der Waals surface area contributed by atoms with E-state index in [1.54, 1.807) is 31.4 Å². The monoisotopic (exact) mass is 325 g/mol. The van der Waals surface area contributed by atoms with Crippen LogP contribution in [0, 0.1) is 11.3 Å². The molecule has 0 aliphatic carbocycles. The third kappa shape index (κ3) is 4.34. The molecule has 0 bridgehead atoms. The number of nitriles is 1. The van der Waals surface area contributed by atoms with E-state index < -0.39 is 5.25 Å². The van der Waals surface area contributed by atoms with Crippen molar-refractivity contribution in [3.05, 3.63) is 59.7 Å². The predicted molar refractivity (Wildman–Crippen MR) is 90.4 cm³/mol. The highest BCUT2D eigenvalue weighted by molar-refractivity contribution is 8.00. The molecular weight excluding hydrogens is 310 g/mol. The van der Waals surface area contributed by atoms with Crippen molar-refractivity contribution in [3.63, 3.8) is 0 Å². The maximum Gasteiger partial charge on any atom is 0.193 e. The molecule has 1 unspecified atom stereocenters. The fourth-order valence-electron chi connectivity index (χ4n) is 1.95. The Morgan fingerprint density at radius 1 is 1.26 bits per heavy atom. The molecule has 0 heterocycles. The first kappa shape index (κ1) is 16.6. The summed E-state index contributed by atoms with van der Waals surface area (Å²) >= 11 is 1.38. The Morgan fingerprint density at radius 3 is 2.43 bits per heavy atom. The number of benzene rings is 2. The van der Waals surface area contributed by atoms with Crippen molar-refractivity contribution in [1.82, 2.24) is 0 Å². The van der Waals surface area contributed by atoms with Crippen LogP contribution in [0.25, 0.3) is 0 Å². The molecule has 1 atom stereocenters. The maximum atomic E-state index is 12.3. The van der Waals surface area contributed by atoms with Crippen LogP contribution in [0.1, 0.15) is 16.4 Å². The van der Waals surface area contributed by atoms with Crippen LogP contribution in [0.3, 0.4) is 0 Å². The summed E-state index contributed by atoms with van der Waals surface area (Å²) in [5.41, 5.74) is 1.40. The van der Waals surface area contributed by atoms with E-state index in [1.165, 1.54) is 11.8 Å². The summed E-state index contributed by atoms with van der Waals surface area (Å²) in [7, 11) is 1.59. The molecule has 0 fully saturated rings. The lowest BCUT2D eigenvalue weighted by atomic mass is 10.1. The number of ketones is 1. The lowest BCUT2D eigenvalue weighted by Gasteiger charge is -2.14. The van der Waals surface area contributed by atoms with Crippen LogP contribution in [0.4, 0.5) is 0 Å². The van der Waals surface area contributed by atoms with Gasteiger partial charge in [-0.25, -0.2) is 0 Å². The van der Waals surface area contributed by atoms with Gasteiger partial charge in [-0.2, -0.15) is 10.4 Å². The Hall–Kier alpha value is -2.78. The number of thioether (sulfide) groups is 1. The van der Waals surface area contributed by atoms with Crippen molar-refractivity contribution in [2.45, 2.75) is 10.1 Å². The van der Waals surface area contributed by atoms with Gasteiger partial charge in [0.2, 0.25) is 0 Å². The van der Waals surface area contributed by atoms with Crippen LogP contribution in [-0.2, 0) is 4.79 Å². The molecule has 2 rings (SSSR count). The average molecular weight is 325 g/mol. The number of nitrogens with two attached hydrogens (primary N) is 1. The van der Waals surface area contributed by atoms with Gasteiger partial charge >= 0.3 is 0 Å². The molecule has 2 aromatic carbocycles. The second-order valence-electron chi connectivity index (χ2n) is 4.59. The summed E-state index contributed by atoms with van der Waals surface area (Å²) in [6.45, 7) is 0. The summed E-state index contributed by atoms with van der Waals surface area (Å²) in [5, 5.41) is 11.7. The maximum absolute atomic E-state index is 12.3. The average Bonchev–Trinajstić information content (AvgIpc) is 2.60. The molecule has 0 saturated carbocycles. The molecule has 0 aliphatic rings. The van der Waals surface area contributed by atoms with Crippen molar-refractivity contribution >= 4 is 23.8 Å². The summed E-state index contributed by atoms with van der Waals surface area (Å²) in [5.74, 6) is 5.62. The Kier molecular flexibility index (Phi) is 5.78. The fraction of sp³-hybridized carbons (Fsp3) is 0.118. The van der Waals surface area contributed by atoms with Gasteiger partial charge in [-0.3, -0.25) is 4.79 Å². The molecule has 0 saturated heterocycles. The molecule has 6 heteroatoms. The topological polar surface area (TPSA) is 88.5 Å². The zero-order valence-corrected chi connectivity index (χ0v) is 13.3. The molecule has 0 radical (unpaired) electrons. The summed E-state index contributed by atoms with van der Waals surface area (Å²) < 4.78 is 5.13. The van der Waals surface area contributed by atoms with Gasteiger partial charge in [0.25, 0.3) is 0 Å². The summed E-state index contributed by atoms with van der Waals surface area (Å²) in [6.07, 6.45) is 1.12. The molecule has 2 aromatic rings. The van der Waals surface area contributed by atoms with Gasteiger partial charge in [-0.1, -0.05) is 12.1 Å². The Balaban J connectivity index is 2.29. The predicted octanol–water partition coefficient (Wildman–Crippen LogP) is 2.91. The number of nitrogens with zero attached hydrogens (tertiary/aromatic N) is 2. The minimum atomic E-state index is -0.471. The van der Waals surface area contributed by atoms with E-state index in [-0.39, 0.29) is 5.78 Å². The van der Waals surface area contributed by atoms with E-state index in [9.17, 15) is 4.79 Å². The molecule has 2 N–H and O–H groups in total. The zero-order chi connectivity index (χ0) is 16.7. The minimum absolute atomic E-state index is 0.202. The summed E-state index contributed by atoms with van der Waals surface area (Å²) in [6, 6.07) is 16.4. The van der Waals surface area contributed by atoms with E-state index >= 15 is 0 Å². The first-order valence-corrected chi connectivity index (χ1v) is 7.63. The molecular formula is C17H15N3O2S. The van der Waals surface area contributed by atoms with Crippen LogP contribution in [0.15, 0.2) is 58.5 Å². The van der Waals surface area contributed by atoms with Gasteiger partial charge < -0.3 is 10.6 Å². The van der Waals surface area contributed by atoms with Crippen molar-refractivity contribution in [3.8, 4) is 11.8 Å². The highest BCUT2D eigenvalue weighted by Gasteiger charge is 2.20. The number of hydrogen-bond donors (Lipinski definition) is 1. The van der Waals surface area contributed by atoms with E-state index in [0.717, 1.165) is 22.4 Å². The molecule has 0 aromatic heterocycles. The van der Waals surface area contributed by atoms with Crippen LogP contribution in [-0.4, -0.2) is 19.1 Å². The van der Waals surface area contributed by atoms with Gasteiger partial charge in [0.15, 0.2) is 5.78 Å². The smallest absolute Gasteiger partial charge is 0.193 e. The molecule has 23 heavy (non-hydrogen) atoms. The van der Waals surface area contributed by atoms with Crippen LogP contribution >= 0.6 is 11.8 Å². The third-order valence-electron chi connectivity index (χ3n) is 3.12. The number of methoxy groups -OCH3 is 1. The number of carbonyl (C=O) groups excluding carboxylic acids is 1. The molecule has 0 amide bonds. The summed E-state index contributed by atoms with van der Waals surface area (Å²) in [4.78, 5) is 13.2. The van der Waals surface area contributed by atoms with Crippen LogP contribution < -0.4 is 10.6 Å². The third-order valence-corrected chi connectivity index (χ3v) is 4.40. The second-order valence-corrected chi connectivity index (χ2v) is 5.77. The van der Waals surface area contributed by atoms with E-state index in [1.807, 2.05) is 24.3 Å². The Bertz CT molecular complexity index is 734. The largest absolute Gasteiger partial charge is 0.497 e. The highest BCUT2D eigenvalue weighted by atomic mass is 32.2. The van der Waals surface area contributed by atoms with Crippen molar-refractivity contribution in [2.24, 2.45) is 10.9 Å². The van der Waals surface area contributed by atoms with Gasteiger partial charge in [-0.15, -0.1) is 11.8 Å². The number of carbonyl (C=O) groups is 1.